The number of rotatable bonds is 6. The van der Waals surface area contributed by atoms with Crippen molar-refractivity contribution in [3.8, 4) is 17.0 Å². The average Bonchev–Trinajstić information content (AvgIpc) is 3.40. The summed E-state index contributed by atoms with van der Waals surface area (Å²) in [4.78, 5) is 15.6. The third kappa shape index (κ3) is 4.36. The molecular weight excluding hydrogens is 372 g/mol. The number of hydrogen-bond donors (Lipinski definition) is 2. The third-order valence-electron chi connectivity index (χ3n) is 4.99. The fourth-order valence-corrected chi connectivity index (χ4v) is 4.25. The number of nitrogens with zero attached hydrogens (tertiary/aromatic N) is 2. The Kier molecular flexibility index (Phi) is 5.62. The van der Waals surface area contributed by atoms with Gasteiger partial charge >= 0.3 is 0 Å². The highest BCUT2D eigenvalue weighted by Gasteiger charge is 2.23. The zero-order valence-corrected chi connectivity index (χ0v) is 16.7. The third-order valence-corrected chi connectivity index (χ3v) is 5.87. The van der Waals surface area contributed by atoms with Gasteiger partial charge in [0.05, 0.1) is 19.2 Å². The smallest absolute Gasteiger partial charge is 0.225 e. The van der Waals surface area contributed by atoms with Gasteiger partial charge in [-0.25, -0.2) is 0 Å². The van der Waals surface area contributed by atoms with E-state index in [1.807, 2.05) is 41.8 Å². The van der Waals surface area contributed by atoms with Crippen molar-refractivity contribution in [3.63, 3.8) is 0 Å². The van der Waals surface area contributed by atoms with Gasteiger partial charge in [-0.2, -0.15) is 5.10 Å². The topological polar surface area (TPSA) is 70.2 Å². The number of piperidine rings is 1. The van der Waals surface area contributed by atoms with Crippen molar-refractivity contribution in [1.29, 1.82) is 0 Å². The maximum atomic E-state index is 12.3. The van der Waals surface area contributed by atoms with E-state index in [9.17, 15) is 4.79 Å². The van der Waals surface area contributed by atoms with Gasteiger partial charge in [-0.3, -0.25) is 9.89 Å². The molecule has 0 bridgehead atoms. The van der Waals surface area contributed by atoms with E-state index in [4.69, 9.17) is 4.74 Å². The lowest BCUT2D eigenvalue weighted by molar-refractivity contribution is -0.121. The second-order valence-corrected chi connectivity index (χ2v) is 8.01. The molecule has 0 radical (unpaired) electrons. The van der Waals surface area contributed by atoms with Crippen molar-refractivity contribution in [2.24, 2.45) is 0 Å². The molecule has 7 heteroatoms. The second kappa shape index (κ2) is 8.48. The van der Waals surface area contributed by atoms with Gasteiger partial charge in [-0.15, -0.1) is 11.3 Å². The highest BCUT2D eigenvalue weighted by Crippen LogP contribution is 2.25. The molecule has 2 aromatic heterocycles. The number of methoxy groups -OCH3 is 1. The molecule has 0 unspecified atom stereocenters. The van der Waals surface area contributed by atoms with Crippen molar-refractivity contribution >= 4 is 23.1 Å². The minimum absolute atomic E-state index is 0.0928. The van der Waals surface area contributed by atoms with E-state index in [1.165, 1.54) is 0 Å². The zero-order valence-electron chi connectivity index (χ0n) is 15.9. The van der Waals surface area contributed by atoms with Crippen LogP contribution in [0.2, 0.25) is 0 Å². The number of H-pyrrole nitrogens is 1. The van der Waals surface area contributed by atoms with Crippen LogP contribution in [0.4, 0.5) is 5.82 Å². The van der Waals surface area contributed by atoms with Gasteiger partial charge in [0.2, 0.25) is 5.91 Å². The lowest BCUT2D eigenvalue weighted by Gasteiger charge is -2.33. The Bertz CT molecular complexity index is 905. The predicted molar refractivity (Wildman–Crippen MR) is 112 cm³/mol. The maximum Gasteiger partial charge on any atom is 0.225 e. The second-order valence-electron chi connectivity index (χ2n) is 6.98. The van der Waals surface area contributed by atoms with E-state index in [-0.39, 0.29) is 11.9 Å². The molecule has 6 nitrogen and oxygen atoms in total. The monoisotopic (exact) mass is 396 g/mol. The molecule has 3 heterocycles. The van der Waals surface area contributed by atoms with Crippen molar-refractivity contribution < 1.29 is 9.53 Å². The Morgan fingerprint density at radius 3 is 2.96 bits per heavy atom. The number of thiophene rings is 1. The zero-order chi connectivity index (χ0) is 19.3. The summed E-state index contributed by atoms with van der Waals surface area (Å²) in [5.41, 5.74) is 2.04. The average molecular weight is 397 g/mol. The van der Waals surface area contributed by atoms with Crippen LogP contribution in [0, 0.1) is 0 Å². The standard InChI is InChI=1S/C21H24N4O2S/c1-27-17-8-6-15(7-9-17)19-13-20(24-23-19)25-10-2-4-16(14-25)22-21(26)12-18-5-3-11-28-18/h3,5-9,11,13,16H,2,4,10,12,14H2,1H3,(H,22,26)(H,23,24)/t16-/m1/s1. The molecule has 1 aliphatic rings. The van der Waals surface area contributed by atoms with Gasteiger partial charge in [-0.1, -0.05) is 6.07 Å². The van der Waals surface area contributed by atoms with Crippen molar-refractivity contribution in [1.82, 2.24) is 15.5 Å². The Balaban J connectivity index is 1.37. The summed E-state index contributed by atoms with van der Waals surface area (Å²) in [6.45, 7) is 1.73. The summed E-state index contributed by atoms with van der Waals surface area (Å²) >= 11 is 1.62. The summed E-state index contributed by atoms with van der Waals surface area (Å²) in [5, 5.41) is 12.8. The van der Waals surface area contributed by atoms with Gasteiger partial charge in [-0.05, 0) is 54.1 Å². The minimum atomic E-state index is 0.0928. The molecule has 2 N–H and O–H groups in total. The van der Waals surface area contributed by atoms with Crippen LogP contribution in [0.15, 0.2) is 47.8 Å². The summed E-state index contributed by atoms with van der Waals surface area (Å²) in [7, 11) is 1.66. The molecule has 146 valence electrons. The highest BCUT2D eigenvalue weighted by atomic mass is 32.1. The molecular formula is C21H24N4O2S. The molecule has 3 aromatic rings. The van der Waals surface area contributed by atoms with E-state index in [0.29, 0.717) is 6.42 Å². The first-order valence-electron chi connectivity index (χ1n) is 9.48. The van der Waals surface area contributed by atoms with Gasteiger partial charge in [0.1, 0.15) is 5.75 Å². The SMILES string of the molecule is COc1ccc(-c2cc(N3CCC[C@@H](NC(=O)Cc4cccs4)C3)n[nH]2)cc1. The lowest BCUT2D eigenvalue weighted by atomic mass is 10.1. The summed E-state index contributed by atoms with van der Waals surface area (Å²) < 4.78 is 5.21. The number of hydrogen-bond acceptors (Lipinski definition) is 5. The quantitative estimate of drug-likeness (QED) is 0.669. The van der Waals surface area contributed by atoms with Crippen LogP contribution in [0.3, 0.4) is 0 Å². The van der Waals surface area contributed by atoms with Gasteiger partial charge in [0, 0.05) is 30.1 Å². The largest absolute Gasteiger partial charge is 0.497 e. The molecule has 1 aliphatic heterocycles. The van der Waals surface area contributed by atoms with E-state index in [0.717, 1.165) is 53.6 Å². The molecule has 1 atom stereocenters. The Hall–Kier alpha value is -2.80. The molecule has 1 aromatic carbocycles. The van der Waals surface area contributed by atoms with Crippen LogP contribution in [-0.2, 0) is 11.2 Å². The van der Waals surface area contributed by atoms with Crippen molar-refractivity contribution in [2.75, 3.05) is 25.1 Å². The number of aromatic nitrogens is 2. The summed E-state index contributed by atoms with van der Waals surface area (Å²) in [6, 6.07) is 14.1. The number of benzene rings is 1. The molecule has 1 saturated heterocycles. The summed E-state index contributed by atoms with van der Waals surface area (Å²) in [6.07, 6.45) is 2.50. The van der Waals surface area contributed by atoms with Crippen LogP contribution in [0.25, 0.3) is 11.3 Å². The van der Waals surface area contributed by atoms with Crippen LogP contribution in [0.5, 0.6) is 5.75 Å². The molecule has 0 saturated carbocycles. The number of carbonyl (C=O) groups excluding carboxylic acids is 1. The Labute approximate surface area is 168 Å². The fraction of sp³-hybridized carbons (Fsp3) is 0.333. The van der Waals surface area contributed by atoms with Gasteiger partial charge in [0.15, 0.2) is 5.82 Å². The van der Waals surface area contributed by atoms with Gasteiger partial charge < -0.3 is 15.0 Å². The molecule has 0 aliphatic carbocycles. The molecule has 4 rings (SSSR count). The maximum absolute atomic E-state index is 12.3. The predicted octanol–water partition coefficient (Wildman–Crippen LogP) is 3.47. The normalized spacial score (nSPS) is 16.8. The first-order chi connectivity index (χ1) is 13.7. The number of carbonyl (C=O) groups is 1. The molecule has 1 fully saturated rings. The fourth-order valence-electron chi connectivity index (χ4n) is 3.54. The highest BCUT2D eigenvalue weighted by molar-refractivity contribution is 7.10. The first-order valence-corrected chi connectivity index (χ1v) is 10.4. The van der Waals surface area contributed by atoms with E-state index in [1.54, 1.807) is 18.4 Å². The number of anilines is 1. The molecule has 1 amide bonds. The van der Waals surface area contributed by atoms with E-state index < -0.39 is 0 Å². The van der Waals surface area contributed by atoms with Crippen molar-refractivity contribution in [3.05, 3.63) is 52.7 Å². The minimum Gasteiger partial charge on any atom is -0.497 e. The van der Waals surface area contributed by atoms with E-state index in [2.05, 4.69) is 26.5 Å². The number of ether oxygens (including phenoxy) is 1. The van der Waals surface area contributed by atoms with Crippen LogP contribution < -0.4 is 15.0 Å². The number of nitrogens with one attached hydrogen (secondary N) is 2. The van der Waals surface area contributed by atoms with Crippen molar-refractivity contribution in [2.45, 2.75) is 25.3 Å². The van der Waals surface area contributed by atoms with Crippen LogP contribution in [0.1, 0.15) is 17.7 Å². The molecule has 28 heavy (non-hydrogen) atoms. The van der Waals surface area contributed by atoms with Gasteiger partial charge in [0.25, 0.3) is 0 Å². The number of amides is 1. The summed E-state index contributed by atoms with van der Waals surface area (Å²) in [5.74, 6) is 1.85. The first kappa shape index (κ1) is 18.6. The molecule has 0 spiro atoms. The Morgan fingerprint density at radius 1 is 1.36 bits per heavy atom. The van der Waals surface area contributed by atoms with Crippen LogP contribution in [-0.4, -0.2) is 42.3 Å². The van der Waals surface area contributed by atoms with Crippen LogP contribution >= 0.6 is 11.3 Å². The Morgan fingerprint density at radius 2 is 2.21 bits per heavy atom. The number of aromatic amines is 1. The van der Waals surface area contributed by atoms with E-state index >= 15 is 0 Å². The lowest BCUT2D eigenvalue weighted by Crippen LogP contribution is -2.48.